The molecule has 0 fully saturated rings. The molecule has 13 heavy (non-hydrogen) atoms. The van der Waals surface area contributed by atoms with Crippen molar-refractivity contribution in [3.63, 3.8) is 0 Å². The zero-order chi connectivity index (χ0) is 10.5. The lowest BCUT2D eigenvalue weighted by atomic mass is 9.88. The van der Waals surface area contributed by atoms with Crippen LogP contribution in [0.25, 0.3) is 0 Å². The molecular weight excluding hydrogens is 166 g/mol. The number of nitrogens with one attached hydrogen (secondary N) is 1. The Balaban J connectivity index is 4.10. The van der Waals surface area contributed by atoms with Gasteiger partial charge in [0.1, 0.15) is 6.04 Å². The lowest BCUT2D eigenvalue weighted by Crippen LogP contribution is -2.38. The van der Waals surface area contributed by atoms with E-state index in [0.29, 0.717) is 6.61 Å². The molecule has 0 heterocycles. The average Bonchev–Trinajstić information content (AvgIpc) is 1.99. The van der Waals surface area contributed by atoms with E-state index in [1.54, 1.807) is 7.05 Å². The molecule has 0 spiro atoms. The highest BCUT2D eigenvalue weighted by atomic mass is 16.5. The SMILES string of the molecule is CCOC(=O)C(CC(C)(C)C)NC. The molecule has 1 N–H and O–H groups in total. The summed E-state index contributed by atoms with van der Waals surface area (Å²) in [7, 11) is 1.79. The summed E-state index contributed by atoms with van der Waals surface area (Å²) in [6.45, 7) is 8.59. The zero-order valence-electron chi connectivity index (χ0n) is 9.31. The van der Waals surface area contributed by atoms with Crippen molar-refractivity contribution in [2.75, 3.05) is 13.7 Å². The minimum absolute atomic E-state index is 0.139. The number of ether oxygens (including phenoxy) is 1. The van der Waals surface area contributed by atoms with Gasteiger partial charge in [-0.05, 0) is 25.8 Å². The number of carbonyl (C=O) groups excluding carboxylic acids is 1. The van der Waals surface area contributed by atoms with Gasteiger partial charge in [0.15, 0.2) is 0 Å². The first-order valence-corrected chi connectivity index (χ1v) is 4.74. The van der Waals surface area contributed by atoms with Crippen LogP contribution in [0.4, 0.5) is 0 Å². The van der Waals surface area contributed by atoms with Crippen LogP contribution in [0.3, 0.4) is 0 Å². The van der Waals surface area contributed by atoms with E-state index in [2.05, 4.69) is 26.1 Å². The molecule has 0 saturated heterocycles. The molecule has 0 bridgehead atoms. The number of carbonyl (C=O) groups is 1. The van der Waals surface area contributed by atoms with Crippen molar-refractivity contribution in [1.29, 1.82) is 0 Å². The lowest BCUT2D eigenvalue weighted by Gasteiger charge is -2.24. The van der Waals surface area contributed by atoms with Gasteiger partial charge in [0.2, 0.25) is 0 Å². The van der Waals surface area contributed by atoms with E-state index < -0.39 is 0 Å². The molecule has 3 heteroatoms. The molecule has 0 amide bonds. The summed E-state index contributed by atoms with van der Waals surface area (Å²) < 4.78 is 4.94. The van der Waals surface area contributed by atoms with E-state index >= 15 is 0 Å². The lowest BCUT2D eigenvalue weighted by molar-refractivity contribution is -0.146. The number of hydrogen-bond donors (Lipinski definition) is 1. The summed E-state index contributed by atoms with van der Waals surface area (Å²) in [6.07, 6.45) is 0.794. The largest absolute Gasteiger partial charge is 0.465 e. The van der Waals surface area contributed by atoms with E-state index in [-0.39, 0.29) is 17.4 Å². The maximum Gasteiger partial charge on any atom is 0.323 e. The average molecular weight is 187 g/mol. The normalized spacial score (nSPS) is 13.9. The molecule has 78 valence electrons. The zero-order valence-corrected chi connectivity index (χ0v) is 9.31. The van der Waals surface area contributed by atoms with Gasteiger partial charge < -0.3 is 10.1 Å². The maximum atomic E-state index is 11.4. The monoisotopic (exact) mass is 187 g/mol. The molecule has 0 aromatic carbocycles. The quantitative estimate of drug-likeness (QED) is 0.679. The van der Waals surface area contributed by atoms with Crippen LogP contribution in [0.5, 0.6) is 0 Å². The van der Waals surface area contributed by atoms with Crippen LogP contribution in [-0.4, -0.2) is 25.7 Å². The molecular formula is C10H21NO2. The standard InChI is InChI=1S/C10H21NO2/c1-6-13-9(12)8(11-5)7-10(2,3)4/h8,11H,6-7H2,1-5H3. The van der Waals surface area contributed by atoms with Crippen LogP contribution in [-0.2, 0) is 9.53 Å². The third-order valence-corrected chi connectivity index (χ3v) is 1.74. The number of rotatable bonds is 4. The molecule has 3 nitrogen and oxygen atoms in total. The van der Waals surface area contributed by atoms with E-state index in [9.17, 15) is 4.79 Å². The smallest absolute Gasteiger partial charge is 0.323 e. The van der Waals surface area contributed by atoms with E-state index in [1.165, 1.54) is 0 Å². The van der Waals surface area contributed by atoms with E-state index in [4.69, 9.17) is 4.74 Å². The Bertz CT molecular complexity index is 161. The fourth-order valence-electron chi connectivity index (χ4n) is 1.16. The molecule has 0 aromatic heterocycles. The van der Waals surface area contributed by atoms with Gasteiger partial charge in [-0.15, -0.1) is 0 Å². The molecule has 0 aliphatic heterocycles. The highest BCUT2D eigenvalue weighted by Crippen LogP contribution is 2.21. The second-order valence-corrected chi connectivity index (χ2v) is 4.36. The Morgan fingerprint density at radius 2 is 2.00 bits per heavy atom. The van der Waals surface area contributed by atoms with Gasteiger partial charge in [-0.25, -0.2) is 0 Å². The summed E-state index contributed by atoms with van der Waals surface area (Å²) >= 11 is 0. The Hall–Kier alpha value is -0.570. The number of esters is 1. The minimum atomic E-state index is -0.181. The summed E-state index contributed by atoms with van der Waals surface area (Å²) in [4.78, 5) is 11.4. The maximum absolute atomic E-state index is 11.4. The molecule has 1 atom stereocenters. The van der Waals surface area contributed by atoms with Crippen molar-refractivity contribution in [2.24, 2.45) is 5.41 Å². The van der Waals surface area contributed by atoms with Crippen LogP contribution in [0, 0.1) is 5.41 Å². The van der Waals surface area contributed by atoms with Crippen molar-refractivity contribution < 1.29 is 9.53 Å². The van der Waals surface area contributed by atoms with Gasteiger partial charge in [0.05, 0.1) is 6.61 Å². The Labute approximate surface area is 80.8 Å². The second-order valence-electron chi connectivity index (χ2n) is 4.36. The summed E-state index contributed by atoms with van der Waals surface area (Å²) in [5, 5.41) is 2.97. The Morgan fingerprint density at radius 3 is 2.31 bits per heavy atom. The first kappa shape index (κ1) is 12.4. The predicted octanol–water partition coefficient (Wildman–Crippen LogP) is 1.57. The highest BCUT2D eigenvalue weighted by molar-refractivity contribution is 5.75. The van der Waals surface area contributed by atoms with Crippen molar-refractivity contribution in [3.05, 3.63) is 0 Å². The van der Waals surface area contributed by atoms with Crippen LogP contribution < -0.4 is 5.32 Å². The van der Waals surface area contributed by atoms with Gasteiger partial charge in [0.25, 0.3) is 0 Å². The fraction of sp³-hybridized carbons (Fsp3) is 0.900. The number of likely N-dealkylation sites (N-methyl/N-ethyl adjacent to an activating group) is 1. The van der Waals surface area contributed by atoms with Crippen LogP contribution >= 0.6 is 0 Å². The Morgan fingerprint density at radius 1 is 1.46 bits per heavy atom. The molecule has 0 rings (SSSR count). The van der Waals surface area contributed by atoms with Gasteiger partial charge in [0, 0.05) is 0 Å². The summed E-state index contributed by atoms with van der Waals surface area (Å²) in [5.74, 6) is -0.153. The molecule has 1 unspecified atom stereocenters. The molecule has 0 saturated carbocycles. The predicted molar refractivity (Wildman–Crippen MR) is 53.6 cm³/mol. The first-order chi connectivity index (χ1) is 5.90. The highest BCUT2D eigenvalue weighted by Gasteiger charge is 2.24. The third-order valence-electron chi connectivity index (χ3n) is 1.74. The fourth-order valence-corrected chi connectivity index (χ4v) is 1.16. The topological polar surface area (TPSA) is 38.3 Å². The van der Waals surface area contributed by atoms with Crippen molar-refractivity contribution in [1.82, 2.24) is 5.32 Å². The second kappa shape index (κ2) is 5.22. The van der Waals surface area contributed by atoms with Gasteiger partial charge >= 0.3 is 5.97 Å². The van der Waals surface area contributed by atoms with E-state index in [0.717, 1.165) is 6.42 Å². The van der Waals surface area contributed by atoms with Gasteiger partial charge in [-0.3, -0.25) is 4.79 Å². The van der Waals surface area contributed by atoms with Gasteiger partial charge in [-0.2, -0.15) is 0 Å². The first-order valence-electron chi connectivity index (χ1n) is 4.74. The Kier molecular flexibility index (Phi) is 4.99. The minimum Gasteiger partial charge on any atom is -0.465 e. The van der Waals surface area contributed by atoms with Crippen LogP contribution in [0.1, 0.15) is 34.1 Å². The molecule has 0 aliphatic rings. The van der Waals surface area contributed by atoms with Crippen molar-refractivity contribution in [3.8, 4) is 0 Å². The molecule has 0 aliphatic carbocycles. The molecule has 0 radical (unpaired) electrons. The van der Waals surface area contributed by atoms with E-state index in [1.807, 2.05) is 6.92 Å². The van der Waals surface area contributed by atoms with Crippen LogP contribution in [0.15, 0.2) is 0 Å². The number of hydrogen-bond acceptors (Lipinski definition) is 3. The summed E-state index contributed by atoms with van der Waals surface area (Å²) in [6, 6.07) is -0.181. The third kappa shape index (κ3) is 5.64. The van der Waals surface area contributed by atoms with Gasteiger partial charge in [-0.1, -0.05) is 20.8 Å². The van der Waals surface area contributed by atoms with Crippen molar-refractivity contribution in [2.45, 2.75) is 40.2 Å². The molecule has 0 aromatic rings. The van der Waals surface area contributed by atoms with Crippen LogP contribution in [0.2, 0.25) is 0 Å². The van der Waals surface area contributed by atoms with Crippen molar-refractivity contribution >= 4 is 5.97 Å². The summed E-state index contributed by atoms with van der Waals surface area (Å²) in [5.41, 5.74) is 0.139.